The predicted octanol–water partition coefficient (Wildman–Crippen LogP) is 1.53. The number of benzene rings is 1. The standard InChI is InChI=1S/C15H14N2O3S/c1-12-6-7-13(4-3-9-18)10-15(12)21(19,20)17-14-5-2-8-16-11-14/h2,5-8,10-11,17-18H,9H2,1H3. The molecule has 0 saturated heterocycles. The topological polar surface area (TPSA) is 79.3 Å². The number of nitrogens with one attached hydrogen (secondary N) is 1. The van der Waals surface area contributed by atoms with Gasteiger partial charge in [0.05, 0.1) is 16.8 Å². The van der Waals surface area contributed by atoms with E-state index in [-0.39, 0.29) is 11.5 Å². The molecule has 0 unspecified atom stereocenters. The highest BCUT2D eigenvalue weighted by Gasteiger charge is 2.17. The van der Waals surface area contributed by atoms with Gasteiger partial charge in [-0.3, -0.25) is 9.71 Å². The second-order valence-electron chi connectivity index (χ2n) is 4.29. The van der Waals surface area contributed by atoms with Crippen molar-refractivity contribution in [2.45, 2.75) is 11.8 Å². The summed E-state index contributed by atoms with van der Waals surface area (Å²) in [4.78, 5) is 4.02. The van der Waals surface area contributed by atoms with Crippen molar-refractivity contribution in [3.63, 3.8) is 0 Å². The third-order valence-corrected chi connectivity index (χ3v) is 4.23. The minimum Gasteiger partial charge on any atom is -0.384 e. The molecule has 0 bridgehead atoms. The summed E-state index contributed by atoms with van der Waals surface area (Å²) in [5, 5.41) is 8.70. The van der Waals surface area contributed by atoms with Crippen LogP contribution >= 0.6 is 0 Å². The molecule has 0 aliphatic heterocycles. The number of anilines is 1. The first kappa shape index (κ1) is 15.0. The Kier molecular flexibility index (Phi) is 4.58. The lowest BCUT2D eigenvalue weighted by atomic mass is 10.1. The maximum absolute atomic E-state index is 12.4. The highest BCUT2D eigenvalue weighted by molar-refractivity contribution is 7.92. The molecule has 0 aliphatic carbocycles. The molecule has 1 aromatic carbocycles. The molecule has 6 heteroatoms. The van der Waals surface area contributed by atoms with Gasteiger partial charge in [-0.15, -0.1) is 0 Å². The Morgan fingerprint density at radius 3 is 2.81 bits per heavy atom. The van der Waals surface area contributed by atoms with Gasteiger partial charge in [0, 0.05) is 11.8 Å². The summed E-state index contributed by atoms with van der Waals surface area (Å²) in [6.07, 6.45) is 3.00. The molecule has 0 aliphatic rings. The van der Waals surface area contributed by atoms with E-state index in [1.807, 2.05) is 0 Å². The van der Waals surface area contributed by atoms with Gasteiger partial charge in [-0.05, 0) is 36.8 Å². The molecule has 21 heavy (non-hydrogen) atoms. The smallest absolute Gasteiger partial charge is 0.262 e. The Morgan fingerprint density at radius 1 is 1.33 bits per heavy atom. The van der Waals surface area contributed by atoms with Crippen LogP contribution in [0.15, 0.2) is 47.6 Å². The van der Waals surface area contributed by atoms with Gasteiger partial charge in [-0.25, -0.2) is 8.42 Å². The molecular weight excluding hydrogens is 288 g/mol. The normalized spacial score (nSPS) is 10.6. The van der Waals surface area contributed by atoms with Crippen LogP contribution in [0.5, 0.6) is 0 Å². The molecule has 1 heterocycles. The molecule has 0 saturated carbocycles. The molecule has 108 valence electrons. The maximum Gasteiger partial charge on any atom is 0.262 e. The minimum absolute atomic E-state index is 0.149. The summed E-state index contributed by atoms with van der Waals surface area (Å²) in [6.45, 7) is 1.44. The van der Waals surface area contributed by atoms with Crippen LogP contribution in [0.25, 0.3) is 0 Å². The van der Waals surface area contributed by atoms with Gasteiger partial charge >= 0.3 is 0 Å². The quantitative estimate of drug-likeness (QED) is 0.843. The number of aliphatic hydroxyl groups is 1. The number of pyridine rings is 1. The number of sulfonamides is 1. The summed E-state index contributed by atoms with van der Waals surface area (Å²) in [5.74, 6) is 5.19. The van der Waals surface area contributed by atoms with Crippen molar-refractivity contribution < 1.29 is 13.5 Å². The predicted molar refractivity (Wildman–Crippen MR) is 80.2 cm³/mol. The number of rotatable bonds is 3. The van der Waals surface area contributed by atoms with Crippen LogP contribution in [0.4, 0.5) is 5.69 Å². The monoisotopic (exact) mass is 302 g/mol. The molecule has 0 amide bonds. The molecule has 1 aromatic heterocycles. The largest absolute Gasteiger partial charge is 0.384 e. The SMILES string of the molecule is Cc1ccc(C#CCO)cc1S(=O)(=O)Nc1cccnc1. The van der Waals surface area contributed by atoms with Gasteiger partial charge in [-0.1, -0.05) is 17.9 Å². The lowest BCUT2D eigenvalue weighted by molar-refractivity contribution is 0.350. The molecular formula is C15H14N2O3S. The summed E-state index contributed by atoms with van der Waals surface area (Å²) >= 11 is 0. The fraction of sp³-hybridized carbons (Fsp3) is 0.133. The van der Waals surface area contributed by atoms with E-state index >= 15 is 0 Å². The van der Waals surface area contributed by atoms with Crippen LogP contribution in [0.2, 0.25) is 0 Å². The van der Waals surface area contributed by atoms with E-state index in [1.54, 1.807) is 37.4 Å². The molecule has 5 nitrogen and oxygen atoms in total. The second-order valence-corrected chi connectivity index (χ2v) is 5.94. The molecule has 2 aromatic rings. The molecule has 0 spiro atoms. The maximum atomic E-state index is 12.4. The van der Waals surface area contributed by atoms with E-state index in [0.29, 0.717) is 16.8 Å². The van der Waals surface area contributed by atoms with Crippen LogP contribution < -0.4 is 4.72 Å². The van der Waals surface area contributed by atoms with Gasteiger partial charge in [-0.2, -0.15) is 0 Å². The lowest BCUT2D eigenvalue weighted by Crippen LogP contribution is -2.14. The number of hydrogen-bond donors (Lipinski definition) is 2. The molecule has 0 fully saturated rings. The van der Waals surface area contributed by atoms with Crippen LogP contribution in [-0.4, -0.2) is 25.1 Å². The van der Waals surface area contributed by atoms with Crippen molar-refractivity contribution in [2.75, 3.05) is 11.3 Å². The van der Waals surface area contributed by atoms with Crippen LogP contribution in [-0.2, 0) is 10.0 Å². The van der Waals surface area contributed by atoms with Gasteiger partial charge in [0.1, 0.15) is 6.61 Å². The first-order valence-electron chi connectivity index (χ1n) is 6.16. The Morgan fingerprint density at radius 2 is 2.14 bits per heavy atom. The van der Waals surface area contributed by atoms with Crippen molar-refractivity contribution >= 4 is 15.7 Å². The fourth-order valence-corrected chi connectivity index (χ4v) is 3.06. The highest BCUT2D eigenvalue weighted by Crippen LogP contribution is 2.20. The second kappa shape index (κ2) is 6.39. The van der Waals surface area contributed by atoms with Crippen LogP contribution in [0.3, 0.4) is 0 Å². The van der Waals surface area contributed by atoms with Crippen molar-refractivity contribution in [1.82, 2.24) is 4.98 Å². The number of aromatic nitrogens is 1. The molecule has 0 atom stereocenters. The van der Waals surface area contributed by atoms with E-state index in [4.69, 9.17) is 5.11 Å². The summed E-state index contributed by atoms with van der Waals surface area (Å²) in [5.41, 5.74) is 1.53. The molecule has 0 radical (unpaired) electrons. The Bertz CT molecular complexity index is 791. The third kappa shape index (κ3) is 3.81. The summed E-state index contributed by atoms with van der Waals surface area (Å²) < 4.78 is 27.3. The Labute approximate surface area is 123 Å². The Hall–Kier alpha value is -2.36. The first-order valence-corrected chi connectivity index (χ1v) is 7.64. The van der Waals surface area contributed by atoms with Crippen molar-refractivity contribution in [1.29, 1.82) is 0 Å². The van der Waals surface area contributed by atoms with E-state index in [9.17, 15) is 8.42 Å². The van der Waals surface area contributed by atoms with E-state index in [1.165, 1.54) is 12.3 Å². The summed E-state index contributed by atoms with van der Waals surface area (Å²) in [6, 6.07) is 8.14. The van der Waals surface area contributed by atoms with Gasteiger partial charge < -0.3 is 5.11 Å². The van der Waals surface area contributed by atoms with Crippen molar-refractivity contribution in [2.24, 2.45) is 0 Å². The zero-order chi connectivity index (χ0) is 15.3. The van der Waals surface area contributed by atoms with Gasteiger partial charge in [0.25, 0.3) is 10.0 Å². The number of hydrogen-bond acceptors (Lipinski definition) is 4. The van der Waals surface area contributed by atoms with Gasteiger partial charge in [0.2, 0.25) is 0 Å². The minimum atomic E-state index is -3.71. The fourth-order valence-electron chi connectivity index (χ4n) is 1.74. The van der Waals surface area contributed by atoms with Gasteiger partial charge in [0.15, 0.2) is 0 Å². The first-order chi connectivity index (χ1) is 10.0. The van der Waals surface area contributed by atoms with Crippen LogP contribution in [0.1, 0.15) is 11.1 Å². The molecule has 2 rings (SSSR count). The Balaban J connectivity index is 2.39. The van der Waals surface area contributed by atoms with E-state index in [0.717, 1.165) is 0 Å². The summed E-state index contributed by atoms with van der Waals surface area (Å²) in [7, 11) is -3.71. The van der Waals surface area contributed by atoms with E-state index < -0.39 is 10.0 Å². The number of aryl methyl sites for hydroxylation is 1. The lowest BCUT2D eigenvalue weighted by Gasteiger charge is -2.10. The van der Waals surface area contributed by atoms with E-state index in [2.05, 4.69) is 21.5 Å². The average molecular weight is 302 g/mol. The number of nitrogens with zero attached hydrogens (tertiary/aromatic N) is 1. The third-order valence-electron chi connectivity index (χ3n) is 2.70. The zero-order valence-corrected chi connectivity index (χ0v) is 12.2. The molecule has 2 N–H and O–H groups in total. The van der Waals surface area contributed by atoms with Crippen molar-refractivity contribution in [3.05, 3.63) is 53.9 Å². The average Bonchev–Trinajstić information content (AvgIpc) is 2.47. The van der Waals surface area contributed by atoms with Crippen LogP contribution in [0, 0.1) is 18.8 Å². The van der Waals surface area contributed by atoms with Crippen molar-refractivity contribution in [3.8, 4) is 11.8 Å². The number of aliphatic hydroxyl groups excluding tert-OH is 1. The highest BCUT2D eigenvalue weighted by atomic mass is 32.2. The zero-order valence-electron chi connectivity index (χ0n) is 11.4.